The van der Waals surface area contributed by atoms with Gasteiger partial charge < -0.3 is 14.0 Å². The molecule has 2 aromatic heterocycles. The van der Waals surface area contributed by atoms with E-state index in [0.29, 0.717) is 0 Å². The minimum Gasteiger partial charge on any atom is -0.497 e. The second-order valence-corrected chi connectivity index (χ2v) is 13.4. The Hall–Kier alpha value is -7.12. The van der Waals surface area contributed by atoms with Gasteiger partial charge in [0, 0.05) is 46.0 Å². The van der Waals surface area contributed by atoms with Crippen molar-refractivity contribution in [3.05, 3.63) is 175 Å². The van der Waals surface area contributed by atoms with Crippen LogP contribution < -0.4 is 19.3 Å². The van der Waals surface area contributed by atoms with Crippen LogP contribution in [0.3, 0.4) is 0 Å². The van der Waals surface area contributed by atoms with Crippen LogP contribution >= 0.6 is 0 Å². The van der Waals surface area contributed by atoms with E-state index in [1.165, 1.54) is 5.39 Å². The van der Waals surface area contributed by atoms with Crippen molar-refractivity contribution in [2.24, 2.45) is 7.05 Å². The van der Waals surface area contributed by atoms with Crippen LogP contribution in [0.25, 0.3) is 50.8 Å². The van der Waals surface area contributed by atoms with Crippen LogP contribution in [0.4, 0.5) is 23.0 Å². The zero-order chi connectivity index (χ0) is 37.3. The highest BCUT2D eigenvalue weighted by Gasteiger charge is 2.40. The molecule has 3 heterocycles. The van der Waals surface area contributed by atoms with E-state index >= 15 is 0 Å². The number of aryl methyl sites for hydroxylation is 1. The van der Waals surface area contributed by atoms with Gasteiger partial charge in [0.2, 0.25) is 0 Å². The number of nitrogens with zero attached hydrogens (tertiary/aromatic N) is 5. The summed E-state index contributed by atoms with van der Waals surface area (Å²) in [7, 11) is 5.52. The number of benzene rings is 6. The van der Waals surface area contributed by atoms with Crippen LogP contribution in [0.15, 0.2) is 170 Å². The largest absolute Gasteiger partial charge is 0.497 e. The predicted molar refractivity (Wildman–Crippen MR) is 224 cm³/mol. The van der Waals surface area contributed by atoms with Crippen LogP contribution in [0.2, 0.25) is 0 Å². The van der Waals surface area contributed by atoms with Gasteiger partial charge in [-0.25, -0.2) is 9.97 Å². The number of ether oxygens (including phenoxy) is 2. The van der Waals surface area contributed by atoms with Crippen molar-refractivity contribution in [1.82, 2.24) is 14.5 Å². The van der Waals surface area contributed by atoms with Gasteiger partial charge in [-0.15, -0.1) is 0 Å². The maximum absolute atomic E-state index is 5.60. The number of anilines is 4. The van der Waals surface area contributed by atoms with E-state index in [2.05, 4.69) is 137 Å². The van der Waals surface area contributed by atoms with Crippen molar-refractivity contribution in [2.45, 2.75) is 6.17 Å². The van der Waals surface area contributed by atoms with Crippen LogP contribution in [-0.4, -0.2) is 34.9 Å². The van der Waals surface area contributed by atoms with Gasteiger partial charge in [0.25, 0.3) is 0 Å². The highest BCUT2D eigenvalue weighted by atomic mass is 16.5. The molecule has 9 rings (SSSR count). The second kappa shape index (κ2) is 14.4. The average Bonchev–Trinajstić information content (AvgIpc) is 3.73. The van der Waals surface area contributed by atoms with Gasteiger partial charge in [0.1, 0.15) is 17.7 Å². The third kappa shape index (κ3) is 6.05. The molecule has 55 heavy (non-hydrogen) atoms. The Bertz CT molecular complexity index is 2500. The first kappa shape index (κ1) is 33.7. The molecule has 7 nitrogen and oxygen atoms in total. The summed E-state index contributed by atoms with van der Waals surface area (Å²) in [6.07, 6.45) is 4.18. The summed E-state index contributed by atoms with van der Waals surface area (Å²) in [6, 6.07) is 56.1. The molecule has 8 aromatic rings. The standard InChI is InChI=1S/C48H39N5O2/c1-51-42-22-14-13-21-40(42)41(46(51)35-19-11-6-12-20-35)31-32-43-52(36-23-27-38(54-2)28-24-36)47-48(53(43)37-25-29-39(55-3)30-26-37)50-45(34-17-9-5-10-18-34)44(49-47)33-15-7-4-8-16-33/h4-32,43H,1-3H3. The Morgan fingerprint density at radius 2 is 0.945 bits per heavy atom. The van der Waals surface area contributed by atoms with Crippen molar-refractivity contribution in [3.63, 3.8) is 0 Å². The Balaban J connectivity index is 1.32. The van der Waals surface area contributed by atoms with Gasteiger partial charge in [-0.05, 0) is 66.2 Å². The molecule has 0 fully saturated rings. The minimum atomic E-state index is -0.367. The summed E-state index contributed by atoms with van der Waals surface area (Å²) in [4.78, 5) is 15.7. The molecule has 0 unspecified atom stereocenters. The van der Waals surface area contributed by atoms with E-state index in [-0.39, 0.29) is 6.17 Å². The fourth-order valence-electron chi connectivity index (χ4n) is 7.63. The molecule has 0 bridgehead atoms. The fraction of sp³-hybridized carbons (Fsp3) is 0.0833. The van der Waals surface area contributed by atoms with E-state index in [9.17, 15) is 0 Å². The molecule has 0 amide bonds. The normalized spacial score (nSPS) is 12.8. The van der Waals surface area contributed by atoms with Gasteiger partial charge in [0.15, 0.2) is 11.6 Å². The van der Waals surface area contributed by atoms with Crippen LogP contribution in [0.5, 0.6) is 11.5 Å². The molecule has 0 saturated carbocycles. The Labute approximate surface area is 321 Å². The summed E-state index contributed by atoms with van der Waals surface area (Å²) < 4.78 is 13.5. The van der Waals surface area contributed by atoms with Gasteiger partial charge in [-0.2, -0.15) is 0 Å². The Kier molecular flexibility index (Phi) is 8.80. The monoisotopic (exact) mass is 717 g/mol. The third-order valence-corrected chi connectivity index (χ3v) is 10.3. The number of aromatic nitrogens is 3. The Morgan fingerprint density at radius 1 is 0.509 bits per heavy atom. The highest BCUT2D eigenvalue weighted by Crippen LogP contribution is 2.49. The second-order valence-electron chi connectivity index (χ2n) is 13.4. The number of hydrogen-bond acceptors (Lipinski definition) is 6. The average molecular weight is 718 g/mol. The van der Waals surface area contributed by atoms with E-state index in [4.69, 9.17) is 19.4 Å². The molecular formula is C48H39N5O2. The smallest absolute Gasteiger partial charge is 0.179 e. The number of para-hydroxylation sites is 1. The molecule has 0 saturated heterocycles. The zero-order valence-corrected chi connectivity index (χ0v) is 30.9. The summed E-state index contributed by atoms with van der Waals surface area (Å²) in [6.45, 7) is 0. The minimum absolute atomic E-state index is 0.367. The van der Waals surface area contributed by atoms with E-state index in [1.807, 2.05) is 60.7 Å². The lowest BCUT2D eigenvalue weighted by Gasteiger charge is -2.30. The lowest BCUT2D eigenvalue weighted by atomic mass is 10.0. The van der Waals surface area contributed by atoms with Crippen molar-refractivity contribution >= 4 is 40.0 Å². The first-order valence-electron chi connectivity index (χ1n) is 18.3. The number of methoxy groups -OCH3 is 2. The molecule has 268 valence electrons. The number of fused-ring (bicyclic) bond motifs is 2. The van der Waals surface area contributed by atoms with Crippen LogP contribution in [0, 0.1) is 0 Å². The Morgan fingerprint density at radius 3 is 1.42 bits per heavy atom. The van der Waals surface area contributed by atoms with Crippen molar-refractivity contribution in [2.75, 3.05) is 24.0 Å². The lowest BCUT2D eigenvalue weighted by Crippen LogP contribution is -2.36. The van der Waals surface area contributed by atoms with Gasteiger partial charge in [0.05, 0.1) is 31.3 Å². The van der Waals surface area contributed by atoms with Crippen LogP contribution in [-0.2, 0) is 7.05 Å². The van der Waals surface area contributed by atoms with Crippen LogP contribution in [0.1, 0.15) is 5.56 Å². The van der Waals surface area contributed by atoms with E-state index < -0.39 is 0 Å². The van der Waals surface area contributed by atoms with Crippen molar-refractivity contribution in [3.8, 4) is 45.3 Å². The summed E-state index contributed by atoms with van der Waals surface area (Å²) in [5.41, 5.74) is 10.1. The van der Waals surface area contributed by atoms with Crippen molar-refractivity contribution in [1.29, 1.82) is 0 Å². The first-order chi connectivity index (χ1) is 27.1. The van der Waals surface area contributed by atoms with Gasteiger partial charge in [-0.1, -0.05) is 115 Å². The fourth-order valence-corrected chi connectivity index (χ4v) is 7.63. The molecule has 6 aromatic carbocycles. The van der Waals surface area contributed by atoms with Crippen molar-refractivity contribution < 1.29 is 9.47 Å². The van der Waals surface area contributed by atoms with E-state index in [0.717, 1.165) is 79.4 Å². The SMILES string of the molecule is COc1ccc(N2c3nc(-c4ccccc4)c(-c4ccccc4)nc3N(c3ccc(OC)cc3)C2C=Cc2c(-c3ccccc3)n(C)c3ccccc23)cc1. The number of rotatable bonds is 9. The molecule has 1 aliphatic rings. The molecular weight excluding hydrogens is 679 g/mol. The van der Waals surface area contributed by atoms with Gasteiger partial charge in [-0.3, -0.25) is 9.80 Å². The first-order valence-corrected chi connectivity index (χ1v) is 18.3. The third-order valence-electron chi connectivity index (χ3n) is 10.3. The quantitative estimate of drug-likeness (QED) is 0.148. The summed E-state index contributed by atoms with van der Waals surface area (Å²) in [5.74, 6) is 3.05. The molecule has 1 aliphatic heterocycles. The molecule has 0 radical (unpaired) electrons. The lowest BCUT2D eigenvalue weighted by molar-refractivity contribution is 0.415. The highest BCUT2D eigenvalue weighted by molar-refractivity contribution is 5.98. The number of hydrogen-bond donors (Lipinski definition) is 0. The molecule has 0 atom stereocenters. The molecule has 0 N–H and O–H groups in total. The molecule has 7 heteroatoms. The predicted octanol–water partition coefficient (Wildman–Crippen LogP) is 11.3. The summed E-state index contributed by atoms with van der Waals surface area (Å²) >= 11 is 0. The molecule has 0 aliphatic carbocycles. The zero-order valence-electron chi connectivity index (χ0n) is 30.9. The maximum atomic E-state index is 5.60. The van der Waals surface area contributed by atoms with E-state index in [1.54, 1.807) is 14.2 Å². The molecule has 0 spiro atoms. The maximum Gasteiger partial charge on any atom is 0.179 e. The topological polar surface area (TPSA) is 55.6 Å². The summed E-state index contributed by atoms with van der Waals surface area (Å²) in [5, 5.41) is 1.18. The van der Waals surface area contributed by atoms with Gasteiger partial charge >= 0.3 is 0 Å².